The Bertz CT molecular complexity index is 336. The summed E-state index contributed by atoms with van der Waals surface area (Å²) in [5, 5.41) is 5.61. The minimum atomic E-state index is -0.0229. The van der Waals surface area contributed by atoms with E-state index in [1.54, 1.807) is 7.05 Å². The molecule has 4 heteroatoms. The van der Waals surface area contributed by atoms with Crippen molar-refractivity contribution < 1.29 is 4.79 Å². The normalized spacial score (nSPS) is 9.53. The van der Waals surface area contributed by atoms with Crippen LogP contribution in [0.3, 0.4) is 0 Å². The number of amides is 1. The fourth-order valence-electron chi connectivity index (χ4n) is 1.16. The Morgan fingerprint density at radius 3 is 2.73 bits per heavy atom. The molecule has 0 bridgehead atoms. The topological polar surface area (TPSA) is 44.4 Å². The molecule has 0 spiro atoms. The van der Waals surface area contributed by atoms with Crippen molar-refractivity contribution in [3.05, 3.63) is 24.3 Å². The monoisotopic (exact) mass is 207 g/mol. The molecule has 1 aromatic carbocycles. The number of carbonyl (C=O) groups excluding carboxylic acids is 1. The molecule has 0 unspecified atom stereocenters. The van der Waals surface area contributed by atoms with Crippen molar-refractivity contribution in [1.82, 2.24) is 5.32 Å². The lowest BCUT2D eigenvalue weighted by molar-refractivity contribution is -0.118. The van der Waals surface area contributed by atoms with Crippen LogP contribution in [-0.4, -0.2) is 33.6 Å². The van der Waals surface area contributed by atoms with Gasteiger partial charge in [-0.25, -0.2) is 0 Å². The Balaban J connectivity index is 2.61. The molecule has 0 aromatic heterocycles. The highest BCUT2D eigenvalue weighted by molar-refractivity contribution is 5.80. The lowest BCUT2D eigenvalue weighted by Gasteiger charge is -2.14. The van der Waals surface area contributed by atoms with Gasteiger partial charge in [0.1, 0.15) is 0 Å². The zero-order valence-corrected chi connectivity index (χ0v) is 9.37. The molecular weight excluding hydrogens is 190 g/mol. The minimum Gasteiger partial charge on any atom is -0.378 e. The highest BCUT2D eigenvalue weighted by Gasteiger charge is 1.99. The standard InChI is InChI=1S/C11H17N3O/c1-12-11(15)8-13-9-5-4-6-10(7-9)14(2)3/h4-7,13H,8H2,1-3H3,(H,12,15). The number of nitrogens with one attached hydrogen (secondary N) is 2. The maximum Gasteiger partial charge on any atom is 0.239 e. The second-order valence-electron chi connectivity index (χ2n) is 3.47. The predicted octanol–water partition coefficient (Wildman–Crippen LogP) is 0.910. The van der Waals surface area contributed by atoms with Crippen molar-refractivity contribution in [2.45, 2.75) is 0 Å². The van der Waals surface area contributed by atoms with Crippen molar-refractivity contribution in [2.75, 3.05) is 37.9 Å². The molecule has 0 atom stereocenters. The second kappa shape index (κ2) is 5.24. The van der Waals surface area contributed by atoms with Gasteiger partial charge in [-0.1, -0.05) is 6.07 Å². The van der Waals surface area contributed by atoms with Crippen molar-refractivity contribution in [2.24, 2.45) is 0 Å². The van der Waals surface area contributed by atoms with Crippen molar-refractivity contribution in [3.63, 3.8) is 0 Å². The van der Waals surface area contributed by atoms with E-state index < -0.39 is 0 Å². The molecule has 0 aliphatic carbocycles. The molecule has 0 saturated heterocycles. The van der Waals surface area contributed by atoms with Crippen molar-refractivity contribution >= 4 is 17.3 Å². The SMILES string of the molecule is CNC(=O)CNc1cccc(N(C)C)c1. The van der Waals surface area contributed by atoms with E-state index in [0.29, 0.717) is 6.54 Å². The third-order valence-electron chi connectivity index (χ3n) is 2.09. The van der Waals surface area contributed by atoms with E-state index in [0.717, 1.165) is 11.4 Å². The first-order chi connectivity index (χ1) is 7.13. The molecule has 1 aromatic rings. The predicted molar refractivity (Wildman–Crippen MR) is 63.3 cm³/mol. The van der Waals surface area contributed by atoms with Gasteiger partial charge in [0.25, 0.3) is 0 Å². The summed E-state index contributed by atoms with van der Waals surface area (Å²) in [4.78, 5) is 13.0. The van der Waals surface area contributed by atoms with E-state index in [1.807, 2.05) is 43.3 Å². The third kappa shape index (κ3) is 3.50. The minimum absolute atomic E-state index is 0.0229. The molecule has 82 valence electrons. The van der Waals surface area contributed by atoms with E-state index in [1.165, 1.54) is 0 Å². The molecule has 2 N–H and O–H groups in total. The van der Waals surface area contributed by atoms with Gasteiger partial charge in [-0.2, -0.15) is 0 Å². The Morgan fingerprint density at radius 2 is 2.13 bits per heavy atom. The molecule has 0 aliphatic rings. The summed E-state index contributed by atoms with van der Waals surface area (Å²) < 4.78 is 0. The van der Waals surface area contributed by atoms with Crippen LogP contribution in [0.4, 0.5) is 11.4 Å². The van der Waals surface area contributed by atoms with Crippen LogP contribution in [0.2, 0.25) is 0 Å². The number of hydrogen-bond acceptors (Lipinski definition) is 3. The van der Waals surface area contributed by atoms with Crippen LogP contribution < -0.4 is 15.5 Å². The zero-order chi connectivity index (χ0) is 11.3. The quantitative estimate of drug-likeness (QED) is 0.771. The molecule has 0 heterocycles. The summed E-state index contributed by atoms with van der Waals surface area (Å²) in [6.07, 6.45) is 0. The number of rotatable bonds is 4. The van der Waals surface area contributed by atoms with Crippen LogP contribution in [-0.2, 0) is 4.79 Å². The van der Waals surface area contributed by atoms with Crippen molar-refractivity contribution in [1.29, 1.82) is 0 Å². The number of anilines is 2. The van der Waals surface area contributed by atoms with Gasteiger partial charge in [0.15, 0.2) is 0 Å². The van der Waals surface area contributed by atoms with Crippen LogP contribution in [0.1, 0.15) is 0 Å². The largest absolute Gasteiger partial charge is 0.378 e. The van der Waals surface area contributed by atoms with E-state index in [2.05, 4.69) is 10.6 Å². The summed E-state index contributed by atoms with van der Waals surface area (Å²) in [6, 6.07) is 7.92. The molecule has 4 nitrogen and oxygen atoms in total. The second-order valence-corrected chi connectivity index (χ2v) is 3.47. The summed E-state index contributed by atoms with van der Waals surface area (Å²) in [6.45, 7) is 0.299. The molecule has 0 aliphatic heterocycles. The maximum atomic E-state index is 11.0. The summed E-state index contributed by atoms with van der Waals surface area (Å²) in [5.41, 5.74) is 2.06. The Morgan fingerprint density at radius 1 is 1.40 bits per heavy atom. The molecule has 1 amide bonds. The summed E-state index contributed by atoms with van der Waals surface area (Å²) in [7, 11) is 5.59. The van der Waals surface area contributed by atoms with Crippen LogP contribution in [0.15, 0.2) is 24.3 Å². The van der Waals surface area contributed by atoms with Gasteiger partial charge in [0.2, 0.25) is 5.91 Å². The van der Waals surface area contributed by atoms with Crippen LogP contribution in [0, 0.1) is 0 Å². The van der Waals surface area contributed by atoms with E-state index in [9.17, 15) is 4.79 Å². The third-order valence-corrected chi connectivity index (χ3v) is 2.09. The highest BCUT2D eigenvalue weighted by Crippen LogP contribution is 2.16. The average Bonchev–Trinajstić information content (AvgIpc) is 2.26. The van der Waals surface area contributed by atoms with Crippen LogP contribution >= 0.6 is 0 Å². The van der Waals surface area contributed by atoms with E-state index in [4.69, 9.17) is 0 Å². The summed E-state index contributed by atoms with van der Waals surface area (Å²) >= 11 is 0. The number of benzene rings is 1. The number of likely N-dealkylation sites (N-methyl/N-ethyl adjacent to an activating group) is 1. The van der Waals surface area contributed by atoms with Crippen LogP contribution in [0.5, 0.6) is 0 Å². The first-order valence-corrected chi connectivity index (χ1v) is 4.85. The van der Waals surface area contributed by atoms with E-state index >= 15 is 0 Å². The Labute approximate surface area is 90.3 Å². The van der Waals surface area contributed by atoms with E-state index in [-0.39, 0.29) is 5.91 Å². The number of nitrogens with zero attached hydrogens (tertiary/aromatic N) is 1. The fraction of sp³-hybridized carbons (Fsp3) is 0.364. The lowest BCUT2D eigenvalue weighted by atomic mass is 10.2. The zero-order valence-electron chi connectivity index (χ0n) is 9.37. The maximum absolute atomic E-state index is 11.0. The van der Waals surface area contributed by atoms with Gasteiger partial charge in [-0.3, -0.25) is 4.79 Å². The first-order valence-electron chi connectivity index (χ1n) is 4.85. The van der Waals surface area contributed by atoms with Crippen LogP contribution in [0.25, 0.3) is 0 Å². The van der Waals surface area contributed by atoms with Gasteiger partial charge < -0.3 is 15.5 Å². The molecule has 1 rings (SSSR count). The summed E-state index contributed by atoms with van der Waals surface area (Å²) in [5.74, 6) is -0.0229. The average molecular weight is 207 g/mol. The lowest BCUT2D eigenvalue weighted by Crippen LogP contribution is -2.26. The number of hydrogen-bond donors (Lipinski definition) is 2. The first kappa shape index (κ1) is 11.4. The Kier molecular flexibility index (Phi) is 3.97. The molecule has 0 radical (unpaired) electrons. The molecular formula is C11H17N3O. The fourth-order valence-corrected chi connectivity index (χ4v) is 1.16. The molecule has 0 fully saturated rings. The Hall–Kier alpha value is -1.71. The smallest absolute Gasteiger partial charge is 0.239 e. The van der Waals surface area contributed by atoms with Crippen molar-refractivity contribution in [3.8, 4) is 0 Å². The number of carbonyl (C=O) groups is 1. The highest BCUT2D eigenvalue weighted by atomic mass is 16.1. The molecule has 15 heavy (non-hydrogen) atoms. The van der Waals surface area contributed by atoms with Gasteiger partial charge in [-0.05, 0) is 18.2 Å². The molecule has 0 saturated carbocycles. The van der Waals surface area contributed by atoms with Gasteiger partial charge in [-0.15, -0.1) is 0 Å². The van der Waals surface area contributed by atoms with Gasteiger partial charge >= 0.3 is 0 Å². The van der Waals surface area contributed by atoms with Gasteiger partial charge in [0, 0.05) is 32.5 Å². The van der Waals surface area contributed by atoms with Gasteiger partial charge in [0.05, 0.1) is 6.54 Å².